The summed E-state index contributed by atoms with van der Waals surface area (Å²) in [6.07, 6.45) is -0.373. The molecule has 1 aromatic rings. The fraction of sp³-hybridized carbons (Fsp3) is 0.667. The zero-order valence-corrected chi connectivity index (χ0v) is 14.9. The van der Waals surface area contributed by atoms with Gasteiger partial charge < -0.3 is 15.4 Å². The molecule has 1 aromatic heterocycles. The van der Waals surface area contributed by atoms with Crippen LogP contribution in [-0.2, 0) is 11.3 Å². The number of ether oxygens (including phenoxy) is 1. The normalized spacial score (nSPS) is 13.3. The Bertz CT molecular complexity index is 455. The standard InChI is InChI=1S/C15H25ClN2O2S/c1-10(2)13(18-14(19)20-15(3,4)5)8-17-7-12-6-11(16)9-21-12/h6,9-10,13,17H,7-8H2,1-5H3,(H,18,19). The predicted molar refractivity (Wildman–Crippen MR) is 89.0 cm³/mol. The van der Waals surface area contributed by atoms with E-state index in [0.717, 1.165) is 11.6 Å². The molecule has 1 atom stereocenters. The highest BCUT2D eigenvalue weighted by molar-refractivity contribution is 7.10. The summed E-state index contributed by atoms with van der Waals surface area (Å²) in [5.41, 5.74) is -0.479. The molecule has 1 heterocycles. The zero-order valence-electron chi connectivity index (χ0n) is 13.3. The smallest absolute Gasteiger partial charge is 0.407 e. The van der Waals surface area contributed by atoms with Crippen molar-refractivity contribution >= 4 is 29.0 Å². The molecule has 0 aliphatic carbocycles. The second-order valence-corrected chi connectivity index (χ2v) is 7.79. The van der Waals surface area contributed by atoms with Crippen LogP contribution in [0.2, 0.25) is 5.02 Å². The van der Waals surface area contributed by atoms with Crippen molar-refractivity contribution in [3.05, 3.63) is 21.3 Å². The van der Waals surface area contributed by atoms with Crippen LogP contribution in [0.15, 0.2) is 11.4 Å². The minimum Gasteiger partial charge on any atom is -0.444 e. The number of amides is 1. The molecule has 0 saturated heterocycles. The van der Waals surface area contributed by atoms with Crippen LogP contribution >= 0.6 is 22.9 Å². The number of thiophene rings is 1. The Morgan fingerprint density at radius 3 is 2.57 bits per heavy atom. The minimum atomic E-state index is -0.479. The van der Waals surface area contributed by atoms with E-state index in [2.05, 4.69) is 24.5 Å². The number of carbonyl (C=O) groups excluding carboxylic acids is 1. The first kappa shape index (κ1) is 18.3. The van der Waals surface area contributed by atoms with Crippen molar-refractivity contribution in [3.8, 4) is 0 Å². The van der Waals surface area contributed by atoms with Crippen LogP contribution in [0.1, 0.15) is 39.5 Å². The molecule has 0 aliphatic rings. The first-order valence-corrected chi connectivity index (χ1v) is 8.36. The lowest BCUT2D eigenvalue weighted by atomic mass is 10.0. The van der Waals surface area contributed by atoms with Gasteiger partial charge in [0.1, 0.15) is 5.60 Å². The maximum atomic E-state index is 11.8. The Morgan fingerprint density at radius 1 is 1.43 bits per heavy atom. The quantitative estimate of drug-likeness (QED) is 0.826. The average molecular weight is 333 g/mol. The molecule has 2 N–H and O–H groups in total. The molecule has 1 unspecified atom stereocenters. The zero-order chi connectivity index (χ0) is 16.0. The molecular weight excluding hydrogens is 308 g/mol. The van der Waals surface area contributed by atoms with E-state index in [4.69, 9.17) is 16.3 Å². The lowest BCUT2D eigenvalue weighted by molar-refractivity contribution is 0.0490. The molecule has 1 amide bonds. The molecule has 4 nitrogen and oxygen atoms in total. The number of halogens is 1. The molecule has 6 heteroatoms. The van der Waals surface area contributed by atoms with Crippen LogP contribution in [0.4, 0.5) is 4.79 Å². The summed E-state index contributed by atoms with van der Waals surface area (Å²) < 4.78 is 5.29. The van der Waals surface area contributed by atoms with E-state index in [1.165, 1.54) is 4.88 Å². The molecule has 0 radical (unpaired) electrons. The highest BCUT2D eigenvalue weighted by Gasteiger charge is 2.21. The van der Waals surface area contributed by atoms with Crippen LogP contribution in [0.25, 0.3) is 0 Å². The van der Waals surface area contributed by atoms with Crippen LogP contribution in [0.3, 0.4) is 0 Å². The molecular formula is C15H25ClN2O2S. The molecule has 1 rings (SSSR count). The summed E-state index contributed by atoms with van der Waals surface area (Å²) in [5, 5.41) is 8.95. The van der Waals surface area contributed by atoms with Crippen molar-refractivity contribution in [1.29, 1.82) is 0 Å². The number of hydrogen-bond acceptors (Lipinski definition) is 4. The summed E-state index contributed by atoms with van der Waals surface area (Å²) in [5.74, 6) is 0.317. The highest BCUT2D eigenvalue weighted by atomic mass is 35.5. The Morgan fingerprint density at radius 2 is 2.10 bits per heavy atom. The van der Waals surface area contributed by atoms with Crippen LogP contribution < -0.4 is 10.6 Å². The third-order valence-electron chi connectivity index (χ3n) is 2.79. The molecule has 0 bridgehead atoms. The second-order valence-electron chi connectivity index (χ2n) is 6.36. The van der Waals surface area contributed by atoms with Crippen molar-refractivity contribution in [1.82, 2.24) is 10.6 Å². The van der Waals surface area contributed by atoms with Gasteiger partial charge in [-0.25, -0.2) is 4.79 Å². The van der Waals surface area contributed by atoms with Gasteiger partial charge in [-0.3, -0.25) is 0 Å². The summed E-state index contributed by atoms with van der Waals surface area (Å²) in [7, 11) is 0. The van der Waals surface area contributed by atoms with Crippen LogP contribution in [0.5, 0.6) is 0 Å². The Labute approximate surface area is 136 Å². The van der Waals surface area contributed by atoms with E-state index in [1.54, 1.807) is 11.3 Å². The highest BCUT2D eigenvalue weighted by Crippen LogP contribution is 2.18. The molecule has 120 valence electrons. The fourth-order valence-electron chi connectivity index (χ4n) is 1.71. The molecule has 0 aliphatic heterocycles. The van der Waals surface area contributed by atoms with E-state index < -0.39 is 5.60 Å². The van der Waals surface area contributed by atoms with Gasteiger partial charge in [-0.15, -0.1) is 11.3 Å². The van der Waals surface area contributed by atoms with Crippen molar-refractivity contribution in [2.24, 2.45) is 5.92 Å². The topological polar surface area (TPSA) is 50.4 Å². The van der Waals surface area contributed by atoms with E-state index in [9.17, 15) is 4.79 Å². The number of hydrogen-bond donors (Lipinski definition) is 2. The van der Waals surface area contributed by atoms with Gasteiger partial charge >= 0.3 is 6.09 Å². The fourth-order valence-corrected chi connectivity index (χ4v) is 2.75. The third kappa shape index (κ3) is 7.69. The van der Waals surface area contributed by atoms with Gasteiger partial charge in [0.15, 0.2) is 0 Å². The second kappa shape index (κ2) is 8.01. The number of alkyl carbamates (subject to hydrolysis) is 1. The van der Waals surface area contributed by atoms with Gasteiger partial charge in [0, 0.05) is 29.4 Å². The number of nitrogens with one attached hydrogen (secondary N) is 2. The predicted octanol–water partition coefficient (Wildman–Crippen LogP) is 4.04. The van der Waals surface area contributed by atoms with Gasteiger partial charge in [-0.2, -0.15) is 0 Å². The summed E-state index contributed by atoms with van der Waals surface area (Å²) in [6.45, 7) is 11.2. The van der Waals surface area contributed by atoms with Gasteiger partial charge in [0.2, 0.25) is 0 Å². The maximum Gasteiger partial charge on any atom is 0.407 e. The molecule has 0 aromatic carbocycles. The van der Waals surface area contributed by atoms with Crippen molar-refractivity contribution in [2.45, 2.75) is 52.8 Å². The Balaban J connectivity index is 2.41. The van der Waals surface area contributed by atoms with E-state index in [-0.39, 0.29) is 12.1 Å². The SMILES string of the molecule is CC(C)C(CNCc1cc(Cl)cs1)NC(=O)OC(C)(C)C. The van der Waals surface area contributed by atoms with Gasteiger partial charge in [-0.1, -0.05) is 25.4 Å². The third-order valence-corrected chi connectivity index (χ3v) is 4.08. The maximum absolute atomic E-state index is 11.8. The largest absolute Gasteiger partial charge is 0.444 e. The van der Waals surface area contributed by atoms with Gasteiger partial charge in [-0.05, 0) is 32.8 Å². The number of rotatable bonds is 6. The average Bonchev–Trinajstić information content (AvgIpc) is 2.71. The van der Waals surface area contributed by atoms with Crippen molar-refractivity contribution in [2.75, 3.05) is 6.54 Å². The van der Waals surface area contributed by atoms with E-state index >= 15 is 0 Å². The minimum absolute atomic E-state index is 0.0234. The summed E-state index contributed by atoms with van der Waals surface area (Å²) >= 11 is 7.52. The molecule has 0 fully saturated rings. The molecule has 0 spiro atoms. The lowest BCUT2D eigenvalue weighted by Crippen LogP contribution is -2.46. The van der Waals surface area contributed by atoms with E-state index in [1.807, 2.05) is 32.2 Å². The molecule has 21 heavy (non-hydrogen) atoms. The Kier molecular flexibility index (Phi) is 6.97. The first-order valence-electron chi connectivity index (χ1n) is 7.10. The van der Waals surface area contributed by atoms with Crippen LogP contribution in [-0.4, -0.2) is 24.3 Å². The molecule has 0 saturated carbocycles. The Hall–Kier alpha value is -0.780. The van der Waals surface area contributed by atoms with Crippen molar-refractivity contribution in [3.63, 3.8) is 0 Å². The van der Waals surface area contributed by atoms with Gasteiger partial charge in [0.25, 0.3) is 0 Å². The number of carbonyl (C=O) groups is 1. The van der Waals surface area contributed by atoms with Gasteiger partial charge in [0.05, 0.1) is 5.02 Å². The monoisotopic (exact) mass is 332 g/mol. The van der Waals surface area contributed by atoms with Crippen LogP contribution in [0, 0.1) is 5.92 Å². The first-order chi connectivity index (χ1) is 9.67. The van der Waals surface area contributed by atoms with Crippen molar-refractivity contribution < 1.29 is 9.53 Å². The summed E-state index contributed by atoms with van der Waals surface area (Å²) in [6, 6.07) is 1.97. The lowest BCUT2D eigenvalue weighted by Gasteiger charge is -2.26. The van der Waals surface area contributed by atoms with E-state index in [0.29, 0.717) is 12.5 Å². The summed E-state index contributed by atoms with van der Waals surface area (Å²) in [4.78, 5) is 13.0.